The maximum atomic E-state index is 12.8. The first kappa shape index (κ1) is 12.9. The Morgan fingerprint density at radius 1 is 1.19 bits per heavy atom. The topological polar surface area (TPSA) is 35.2 Å². The predicted molar refractivity (Wildman–Crippen MR) is 59.3 cm³/mol. The number of benzene rings is 1. The summed E-state index contributed by atoms with van der Waals surface area (Å²) >= 11 is 0. The molecule has 16 heavy (non-hydrogen) atoms. The molecule has 1 rings (SSSR count). The highest BCUT2D eigenvalue weighted by molar-refractivity contribution is 5.23. The van der Waals surface area contributed by atoms with Gasteiger partial charge in [0.2, 0.25) is 0 Å². The molecule has 1 unspecified atom stereocenters. The SMILES string of the molecule is CC(C)(C)C(N)COc1cc(F)cc(F)c1. The second-order valence-corrected chi connectivity index (χ2v) is 4.89. The molecule has 0 fully saturated rings. The number of ether oxygens (including phenoxy) is 1. The standard InChI is InChI=1S/C12H17F2NO/c1-12(2,3)11(15)7-16-10-5-8(13)4-9(14)6-10/h4-6,11H,7,15H2,1-3H3. The van der Waals surface area contributed by atoms with E-state index in [0.717, 1.165) is 18.2 Å². The Balaban J connectivity index is 2.61. The molecule has 0 bridgehead atoms. The first-order chi connectivity index (χ1) is 7.29. The van der Waals surface area contributed by atoms with Crippen LogP contribution in [0.25, 0.3) is 0 Å². The Morgan fingerprint density at radius 3 is 2.12 bits per heavy atom. The van der Waals surface area contributed by atoms with E-state index in [2.05, 4.69) is 0 Å². The quantitative estimate of drug-likeness (QED) is 0.864. The van der Waals surface area contributed by atoms with Crippen LogP contribution in [0.3, 0.4) is 0 Å². The lowest BCUT2D eigenvalue weighted by Crippen LogP contribution is -2.40. The van der Waals surface area contributed by atoms with Crippen LogP contribution in [-0.2, 0) is 0 Å². The van der Waals surface area contributed by atoms with Crippen molar-refractivity contribution in [2.45, 2.75) is 26.8 Å². The minimum absolute atomic E-state index is 0.105. The van der Waals surface area contributed by atoms with Gasteiger partial charge in [-0.05, 0) is 5.41 Å². The van der Waals surface area contributed by atoms with Gasteiger partial charge in [-0.2, -0.15) is 0 Å². The van der Waals surface area contributed by atoms with Crippen molar-refractivity contribution in [3.05, 3.63) is 29.8 Å². The van der Waals surface area contributed by atoms with Crippen LogP contribution in [0.2, 0.25) is 0 Å². The van der Waals surface area contributed by atoms with Gasteiger partial charge in [0.25, 0.3) is 0 Å². The Labute approximate surface area is 94.4 Å². The van der Waals surface area contributed by atoms with Crippen molar-refractivity contribution in [1.82, 2.24) is 0 Å². The Morgan fingerprint density at radius 2 is 1.69 bits per heavy atom. The number of hydrogen-bond donors (Lipinski definition) is 1. The lowest BCUT2D eigenvalue weighted by Gasteiger charge is -2.26. The smallest absolute Gasteiger partial charge is 0.129 e. The molecule has 0 aliphatic carbocycles. The summed E-state index contributed by atoms with van der Waals surface area (Å²) in [5.74, 6) is -1.14. The van der Waals surface area contributed by atoms with Crippen LogP contribution in [-0.4, -0.2) is 12.6 Å². The van der Waals surface area contributed by atoms with Crippen LogP contribution in [0.1, 0.15) is 20.8 Å². The van der Waals surface area contributed by atoms with Crippen molar-refractivity contribution in [3.63, 3.8) is 0 Å². The number of rotatable bonds is 3. The van der Waals surface area contributed by atoms with Crippen molar-refractivity contribution in [1.29, 1.82) is 0 Å². The molecule has 1 atom stereocenters. The molecule has 0 aliphatic heterocycles. The lowest BCUT2D eigenvalue weighted by molar-refractivity contribution is 0.204. The van der Waals surface area contributed by atoms with Gasteiger partial charge in [0, 0.05) is 24.2 Å². The summed E-state index contributed by atoms with van der Waals surface area (Å²) in [7, 11) is 0. The molecule has 90 valence electrons. The molecule has 0 spiro atoms. The zero-order chi connectivity index (χ0) is 12.3. The highest BCUT2D eigenvalue weighted by Crippen LogP contribution is 2.20. The highest BCUT2D eigenvalue weighted by atomic mass is 19.1. The van der Waals surface area contributed by atoms with E-state index in [1.807, 2.05) is 20.8 Å². The van der Waals surface area contributed by atoms with Gasteiger partial charge in [-0.1, -0.05) is 20.8 Å². The third kappa shape index (κ3) is 3.77. The monoisotopic (exact) mass is 229 g/mol. The molecule has 0 saturated carbocycles. The molecule has 2 N–H and O–H groups in total. The van der Waals surface area contributed by atoms with Crippen LogP contribution in [0.5, 0.6) is 5.75 Å². The van der Waals surface area contributed by atoms with E-state index in [-0.39, 0.29) is 23.8 Å². The third-order valence-electron chi connectivity index (χ3n) is 2.38. The van der Waals surface area contributed by atoms with E-state index in [1.165, 1.54) is 0 Å². The highest BCUT2D eigenvalue weighted by Gasteiger charge is 2.21. The summed E-state index contributed by atoms with van der Waals surface area (Å²) in [5.41, 5.74) is 5.76. The van der Waals surface area contributed by atoms with Crippen LogP contribution in [0.4, 0.5) is 8.78 Å². The van der Waals surface area contributed by atoms with Gasteiger partial charge >= 0.3 is 0 Å². The Hall–Kier alpha value is -1.16. The summed E-state index contributed by atoms with van der Waals surface area (Å²) < 4.78 is 30.9. The minimum Gasteiger partial charge on any atom is -0.492 e. The van der Waals surface area contributed by atoms with E-state index < -0.39 is 11.6 Å². The second-order valence-electron chi connectivity index (χ2n) is 4.89. The van der Waals surface area contributed by atoms with Crippen molar-refractivity contribution < 1.29 is 13.5 Å². The van der Waals surface area contributed by atoms with Gasteiger partial charge in [0.1, 0.15) is 24.0 Å². The molecule has 0 radical (unpaired) electrons. The van der Waals surface area contributed by atoms with E-state index >= 15 is 0 Å². The van der Waals surface area contributed by atoms with Gasteiger partial charge in [-0.15, -0.1) is 0 Å². The van der Waals surface area contributed by atoms with Crippen LogP contribution >= 0.6 is 0 Å². The van der Waals surface area contributed by atoms with Gasteiger partial charge in [0.15, 0.2) is 0 Å². The first-order valence-corrected chi connectivity index (χ1v) is 5.13. The predicted octanol–water partition coefficient (Wildman–Crippen LogP) is 2.72. The van der Waals surface area contributed by atoms with Crippen LogP contribution in [0, 0.1) is 17.0 Å². The summed E-state index contributed by atoms with van der Waals surface area (Å²) in [5, 5.41) is 0. The molecule has 2 nitrogen and oxygen atoms in total. The maximum Gasteiger partial charge on any atom is 0.129 e. The molecule has 0 heterocycles. The van der Waals surface area contributed by atoms with Crippen LogP contribution < -0.4 is 10.5 Å². The Kier molecular flexibility index (Phi) is 3.86. The first-order valence-electron chi connectivity index (χ1n) is 5.13. The summed E-state index contributed by atoms with van der Waals surface area (Å²) in [6, 6.07) is 2.88. The fourth-order valence-electron chi connectivity index (χ4n) is 1.05. The molecule has 0 saturated heterocycles. The molecular formula is C12H17F2NO. The minimum atomic E-state index is -0.653. The number of halogens is 2. The third-order valence-corrected chi connectivity index (χ3v) is 2.38. The average molecular weight is 229 g/mol. The van der Waals surface area contributed by atoms with Gasteiger partial charge < -0.3 is 10.5 Å². The van der Waals surface area contributed by atoms with Crippen LogP contribution in [0.15, 0.2) is 18.2 Å². The van der Waals surface area contributed by atoms with Crippen molar-refractivity contribution in [2.24, 2.45) is 11.1 Å². The molecule has 0 aromatic heterocycles. The van der Waals surface area contributed by atoms with Gasteiger partial charge in [-0.25, -0.2) is 8.78 Å². The normalized spacial score (nSPS) is 13.6. The summed E-state index contributed by atoms with van der Waals surface area (Å²) in [6.07, 6.45) is 0. The molecule has 0 amide bonds. The van der Waals surface area contributed by atoms with E-state index in [1.54, 1.807) is 0 Å². The molecule has 1 aromatic carbocycles. The fourth-order valence-corrected chi connectivity index (χ4v) is 1.05. The van der Waals surface area contributed by atoms with Crippen molar-refractivity contribution >= 4 is 0 Å². The van der Waals surface area contributed by atoms with Gasteiger partial charge in [-0.3, -0.25) is 0 Å². The summed E-state index contributed by atoms with van der Waals surface area (Å²) in [4.78, 5) is 0. The van der Waals surface area contributed by atoms with E-state index in [4.69, 9.17) is 10.5 Å². The van der Waals surface area contributed by atoms with Gasteiger partial charge in [0.05, 0.1) is 0 Å². The molecule has 0 aliphatic rings. The average Bonchev–Trinajstić information content (AvgIpc) is 2.11. The number of hydrogen-bond acceptors (Lipinski definition) is 2. The maximum absolute atomic E-state index is 12.8. The second kappa shape index (κ2) is 4.78. The molecule has 4 heteroatoms. The van der Waals surface area contributed by atoms with Crippen molar-refractivity contribution in [3.8, 4) is 5.75 Å². The molecule has 1 aromatic rings. The van der Waals surface area contributed by atoms with Crippen molar-refractivity contribution in [2.75, 3.05) is 6.61 Å². The fraction of sp³-hybridized carbons (Fsp3) is 0.500. The summed E-state index contributed by atoms with van der Waals surface area (Å²) in [6.45, 7) is 6.17. The largest absolute Gasteiger partial charge is 0.492 e. The van der Waals surface area contributed by atoms with E-state index in [9.17, 15) is 8.78 Å². The van der Waals surface area contributed by atoms with E-state index in [0.29, 0.717) is 0 Å². The zero-order valence-corrected chi connectivity index (χ0v) is 9.76. The Bertz CT molecular complexity index is 340. The lowest BCUT2D eigenvalue weighted by atomic mass is 9.88. The number of nitrogens with two attached hydrogens (primary N) is 1. The zero-order valence-electron chi connectivity index (χ0n) is 9.76. The molecular weight excluding hydrogens is 212 g/mol.